The molecular weight excluding hydrogens is 825 g/mol. The van der Waals surface area contributed by atoms with Gasteiger partial charge in [-0.05, 0) is 98.9 Å². The van der Waals surface area contributed by atoms with Crippen LogP contribution < -0.4 is 0 Å². The number of pyridine rings is 2. The first-order valence-electron chi connectivity index (χ1n) is 21.1. The quantitative estimate of drug-likeness (QED) is 0.131. The number of nitrogens with zero attached hydrogens (tertiary/aromatic N) is 2. The van der Waals surface area contributed by atoms with E-state index in [0.29, 0.717) is 22.3 Å². The van der Waals surface area contributed by atoms with Crippen LogP contribution in [0, 0.1) is 31.3 Å². The van der Waals surface area contributed by atoms with Gasteiger partial charge in [0.05, 0.1) is 5.58 Å². The Morgan fingerprint density at radius 2 is 1.43 bits per heavy atom. The smallest absolute Gasteiger partial charge is 0.121 e. The van der Waals surface area contributed by atoms with Crippen LogP contribution in [0.4, 0.5) is 0 Å². The first-order chi connectivity index (χ1) is 28.4. The van der Waals surface area contributed by atoms with E-state index in [1.807, 2.05) is 99.6 Å². The minimum absolute atomic E-state index is 0. The molecule has 1 radical (unpaired) electrons. The molecule has 3 nitrogen and oxygen atoms in total. The Balaban J connectivity index is 0.000000237. The second kappa shape index (κ2) is 14.9. The van der Waals surface area contributed by atoms with Crippen molar-refractivity contribution < 1.29 is 35.5 Å². The van der Waals surface area contributed by atoms with E-state index in [1.165, 1.54) is 6.07 Å². The van der Waals surface area contributed by atoms with Crippen LogP contribution >= 0.6 is 0 Å². The number of aromatic nitrogens is 2. The molecule has 0 fully saturated rings. The Hall–Kier alpha value is -5.41. The predicted molar refractivity (Wildman–Crippen MR) is 217 cm³/mol. The number of rotatable bonds is 4. The van der Waals surface area contributed by atoms with Crippen LogP contribution in [0.15, 0.2) is 144 Å². The third kappa shape index (κ3) is 7.44. The van der Waals surface area contributed by atoms with Crippen LogP contribution in [0.1, 0.15) is 48.4 Å². The summed E-state index contributed by atoms with van der Waals surface area (Å²) in [4.78, 5) is 8.71. The van der Waals surface area contributed by atoms with Gasteiger partial charge in [-0.3, -0.25) is 0 Å². The first-order valence-corrected chi connectivity index (χ1v) is 17.1. The van der Waals surface area contributed by atoms with Gasteiger partial charge in [-0.25, -0.2) is 0 Å². The van der Waals surface area contributed by atoms with Crippen molar-refractivity contribution in [2.24, 2.45) is 5.41 Å². The van der Waals surface area contributed by atoms with E-state index in [-0.39, 0.29) is 36.9 Å². The zero-order valence-corrected chi connectivity index (χ0v) is 31.8. The van der Waals surface area contributed by atoms with Crippen molar-refractivity contribution in [3.63, 3.8) is 0 Å². The summed E-state index contributed by atoms with van der Waals surface area (Å²) in [5.74, 6) is 0. The summed E-state index contributed by atoms with van der Waals surface area (Å²) in [6.45, 7) is 0.452. The molecule has 0 atom stereocenters. The molecule has 0 spiro atoms. The van der Waals surface area contributed by atoms with Crippen molar-refractivity contribution in [3.05, 3.63) is 169 Å². The van der Waals surface area contributed by atoms with Crippen molar-refractivity contribution >= 4 is 43.5 Å². The summed E-state index contributed by atoms with van der Waals surface area (Å²) in [6, 6.07) is 47.6. The molecule has 0 saturated carbocycles. The number of aryl methyl sites for hydroxylation is 2. The van der Waals surface area contributed by atoms with E-state index < -0.39 is 25.5 Å². The summed E-state index contributed by atoms with van der Waals surface area (Å²) in [6.07, 6.45) is 1.35. The summed E-state index contributed by atoms with van der Waals surface area (Å²) in [7, 11) is 0. The van der Waals surface area contributed by atoms with Gasteiger partial charge in [0.15, 0.2) is 0 Å². The largest absolute Gasteiger partial charge is 0.501 e. The first kappa shape index (κ1) is 27.2. The zero-order chi connectivity index (χ0) is 42.6. The molecule has 0 aliphatic heterocycles. The Kier molecular flexibility index (Phi) is 7.66. The molecule has 0 bridgehead atoms. The fourth-order valence-electron chi connectivity index (χ4n) is 6.59. The van der Waals surface area contributed by atoms with E-state index >= 15 is 0 Å². The molecule has 9 aromatic rings. The molecule has 9 rings (SSSR count). The van der Waals surface area contributed by atoms with E-state index in [0.717, 1.165) is 60.9 Å². The van der Waals surface area contributed by atoms with Gasteiger partial charge < -0.3 is 14.4 Å². The molecule has 53 heavy (non-hydrogen) atoms. The fraction of sp³-hybridized carbons (Fsp3) is 0.143. The number of furan rings is 1. The van der Waals surface area contributed by atoms with Gasteiger partial charge in [-0.2, -0.15) is 0 Å². The van der Waals surface area contributed by atoms with Crippen LogP contribution in [-0.2, 0) is 26.5 Å². The molecule has 0 N–H and O–H groups in total. The molecule has 4 heteroatoms. The average Bonchev–Trinajstić information content (AvgIpc) is 3.60. The third-order valence-corrected chi connectivity index (χ3v) is 8.92. The minimum Gasteiger partial charge on any atom is -0.501 e. The molecule has 0 unspecified atom stereocenters. The summed E-state index contributed by atoms with van der Waals surface area (Å²) >= 11 is 0. The maximum atomic E-state index is 8.21. The van der Waals surface area contributed by atoms with Gasteiger partial charge in [0, 0.05) is 48.9 Å². The van der Waals surface area contributed by atoms with Crippen molar-refractivity contribution in [2.45, 2.75) is 40.8 Å². The maximum absolute atomic E-state index is 8.21. The van der Waals surface area contributed by atoms with E-state index in [9.17, 15) is 0 Å². The number of fused-ring (bicyclic) bond motifs is 6. The Labute approximate surface area is 336 Å². The van der Waals surface area contributed by atoms with Crippen LogP contribution in [-0.4, -0.2) is 9.97 Å². The Morgan fingerprint density at radius 1 is 0.660 bits per heavy atom. The van der Waals surface area contributed by atoms with Gasteiger partial charge in [-0.15, -0.1) is 54.1 Å². The van der Waals surface area contributed by atoms with Crippen molar-refractivity contribution in [2.75, 3.05) is 0 Å². The molecule has 3 heterocycles. The van der Waals surface area contributed by atoms with Crippen LogP contribution in [0.3, 0.4) is 0 Å². The third-order valence-electron chi connectivity index (χ3n) is 8.92. The molecule has 0 amide bonds. The van der Waals surface area contributed by atoms with Crippen LogP contribution in [0.25, 0.3) is 77.1 Å². The Morgan fingerprint density at radius 3 is 2.17 bits per heavy atom. The molecular formula is C49H40IrN2O-2. The molecule has 6 aromatic carbocycles. The van der Waals surface area contributed by atoms with Crippen LogP contribution in [0.2, 0.25) is 0 Å². The van der Waals surface area contributed by atoms with E-state index in [1.54, 1.807) is 12.3 Å². The second-order valence-corrected chi connectivity index (χ2v) is 13.8. The zero-order valence-electron chi connectivity index (χ0n) is 37.4. The van der Waals surface area contributed by atoms with Gasteiger partial charge in [-0.1, -0.05) is 110 Å². The van der Waals surface area contributed by atoms with E-state index in [4.69, 9.17) is 15.4 Å². The topological polar surface area (TPSA) is 38.9 Å². The van der Waals surface area contributed by atoms with Crippen molar-refractivity contribution in [1.82, 2.24) is 9.97 Å². The summed E-state index contributed by atoms with van der Waals surface area (Å²) in [5, 5.41) is 6.16. The number of hydrogen-bond acceptors (Lipinski definition) is 3. The normalized spacial score (nSPS) is 14.4. The summed E-state index contributed by atoms with van der Waals surface area (Å²) in [5.41, 5.74) is 5.55. The number of hydrogen-bond donors (Lipinski definition) is 0. The minimum atomic E-state index is -2.63. The van der Waals surface area contributed by atoms with Crippen molar-refractivity contribution in [1.29, 1.82) is 0 Å². The van der Waals surface area contributed by atoms with Crippen LogP contribution in [0.5, 0.6) is 0 Å². The standard InChI is InChI=1S/C33H22NO.C16H18N.Ir/c1-20-15-31(34-19-21(20)2)27-14-8-13-26-30-18-29-23(17-32(30)35-33(26)27)16-28(22-9-4-3-5-10-22)24-11-6-7-12-25(24)29;1-16(2,3)11-13-9-10-15(17-12-13)14-7-5-4-6-8-14;/h3-13,15-19H,1-2H3;4-7,9-10,12H,11H2,1-3H3;/q2*-1;/i1D3,2D3;11D2;. The molecule has 0 aliphatic carbocycles. The Bertz CT molecular complexity index is 3010. The SMILES string of the molecule is [2H]C([2H])([2H])c1cnc(-c2[c-]ccc3c2oc2cc4cc(-c5ccccc5)c5ccccc5c4cc23)cc1C([2H])([2H])[2H].[2H]C([2H])(c1ccc(-c2[c-]cccc2)nc1)C(C)(C)C.[Ir]. The molecule has 0 saturated heterocycles. The average molecular weight is 873 g/mol. The molecule has 0 aliphatic rings. The second-order valence-electron chi connectivity index (χ2n) is 13.8. The summed E-state index contributed by atoms with van der Waals surface area (Å²) < 4.78 is 70.1. The van der Waals surface area contributed by atoms with E-state index in [2.05, 4.69) is 58.5 Å². The monoisotopic (exact) mass is 873 g/mol. The molecule has 263 valence electrons. The van der Waals surface area contributed by atoms with Gasteiger partial charge in [0.1, 0.15) is 5.58 Å². The molecule has 3 aromatic heterocycles. The fourth-order valence-corrected chi connectivity index (χ4v) is 6.59. The number of benzene rings is 6. The van der Waals surface area contributed by atoms with Crippen molar-refractivity contribution in [3.8, 4) is 33.6 Å². The van der Waals surface area contributed by atoms with Gasteiger partial charge in [0.2, 0.25) is 0 Å². The van der Waals surface area contributed by atoms with Gasteiger partial charge in [0.25, 0.3) is 0 Å². The predicted octanol–water partition coefficient (Wildman–Crippen LogP) is 13.2. The van der Waals surface area contributed by atoms with Gasteiger partial charge >= 0.3 is 0 Å². The maximum Gasteiger partial charge on any atom is 0.121 e.